The molecule has 7 nitrogen and oxygen atoms in total. The predicted octanol–water partition coefficient (Wildman–Crippen LogP) is 1.62. The van der Waals surface area contributed by atoms with Crippen molar-refractivity contribution in [1.82, 2.24) is 20.4 Å². The first-order valence-corrected chi connectivity index (χ1v) is 9.30. The van der Waals surface area contributed by atoms with Gasteiger partial charge in [0.05, 0.1) is 13.1 Å². The zero-order valence-corrected chi connectivity index (χ0v) is 18.8. The quantitative estimate of drug-likeness (QED) is 0.322. The fraction of sp³-hybridized carbons (Fsp3) is 0.579. The highest BCUT2D eigenvalue weighted by Crippen LogP contribution is 2.11. The van der Waals surface area contributed by atoms with Gasteiger partial charge in [-0.3, -0.25) is 9.69 Å². The van der Waals surface area contributed by atoms with Crippen molar-refractivity contribution < 1.29 is 9.90 Å². The lowest BCUT2D eigenvalue weighted by Crippen LogP contribution is -2.54. The van der Waals surface area contributed by atoms with Gasteiger partial charge in [0.2, 0.25) is 5.91 Å². The van der Waals surface area contributed by atoms with Gasteiger partial charge in [0.25, 0.3) is 0 Å². The summed E-state index contributed by atoms with van der Waals surface area (Å²) in [6, 6.07) is 7.30. The zero-order valence-electron chi connectivity index (χ0n) is 16.4. The molecule has 0 aromatic heterocycles. The summed E-state index contributed by atoms with van der Waals surface area (Å²) in [5.41, 5.74) is 1.06. The molecule has 2 rings (SSSR count). The third-order valence-corrected chi connectivity index (χ3v) is 4.17. The van der Waals surface area contributed by atoms with Crippen molar-refractivity contribution >= 4 is 35.8 Å². The van der Waals surface area contributed by atoms with E-state index >= 15 is 0 Å². The Morgan fingerprint density at radius 2 is 1.81 bits per heavy atom. The monoisotopic (exact) mass is 489 g/mol. The Hall–Kier alpha value is -1.55. The number of hydrogen-bond acceptors (Lipinski definition) is 4. The second-order valence-electron chi connectivity index (χ2n) is 6.82. The standard InChI is InChI=1S/C19H31N5O2.HI/c1-4-20-19(21-13-16-5-7-17(25)8-6-16)24-11-9-23(10-12-24)14-18(26)22-15(2)3;/h5-8,15,25H,4,9-14H2,1-3H3,(H,20,21)(H,22,26);1H. The van der Waals surface area contributed by atoms with Gasteiger partial charge in [-0.05, 0) is 38.5 Å². The molecule has 1 aliphatic heterocycles. The highest BCUT2D eigenvalue weighted by molar-refractivity contribution is 14.0. The third kappa shape index (κ3) is 8.34. The Bertz CT molecular complexity index is 599. The predicted molar refractivity (Wildman–Crippen MR) is 120 cm³/mol. The van der Waals surface area contributed by atoms with Crippen LogP contribution in [0.1, 0.15) is 26.3 Å². The summed E-state index contributed by atoms with van der Waals surface area (Å²) in [6.45, 7) is 11.2. The lowest BCUT2D eigenvalue weighted by molar-refractivity contribution is -0.123. The first kappa shape index (κ1) is 23.5. The van der Waals surface area contributed by atoms with Gasteiger partial charge in [-0.25, -0.2) is 4.99 Å². The number of aromatic hydroxyl groups is 1. The minimum absolute atomic E-state index is 0. The van der Waals surface area contributed by atoms with Gasteiger partial charge in [-0.1, -0.05) is 12.1 Å². The second-order valence-corrected chi connectivity index (χ2v) is 6.82. The number of hydrogen-bond donors (Lipinski definition) is 3. The number of phenolic OH excluding ortho intramolecular Hbond substituents is 1. The Morgan fingerprint density at radius 1 is 1.19 bits per heavy atom. The van der Waals surface area contributed by atoms with Crippen LogP contribution in [0.5, 0.6) is 5.75 Å². The number of nitrogens with one attached hydrogen (secondary N) is 2. The van der Waals surface area contributed by atoms with E-state index in [9.17, 15) is 9.90 Å². The number of benzene rings is 1. The molecular formula is C19H32IN5O2. The Morgan fingerprint density at radius 3 is 2.37 bits per heavy atom. The molecule has 1 amide bonds. The van der Waals surface area contributed by atoms with Gasteiger partial charge in [0.1, 0.15) is 5.75 Å². The fourth-order valence-electron chi connectivity index (χ4n) is 2.88. The van der Waals surface area contributed by atoms with Crippen LogP contribution < -0.4 is 10.6 Å². The topological polar surface area (TPSA) is 80.2 Å². The summed E-state index contributed by atoms with van der Waals surface area (Å²) >= 11 is 0. The number of halogens is 1. The number of amides is 1. The first-order chi connectivity index (χ1) is 12.5. The maximum absolute atomic E-state index is 11.9. The molecule has 0 unspecified atom stereocenters. The smallest absolute Gasteiger partial charge is 0.234 e. The number of aliphatic imine (C=N–C) groups is 1. The number of piperazine rings is 1. The van der Waals surface area contributed by atoms with Crippen LogP contribution in [0.4, 0.5) is 0 Å². The van der Waals surface area contributed by atoms with Crippen molar-refractivity contribution in [1.29, 1.82) is 0 Å². The van der Waals surface area contributed by atoms with Gasteiger partial charge in [0.15, 0.2) is 5.96 Å². The van der Waals surface area contributed by atoms with Crippen molar-refractivity contribution in [3.8, 4) is 5.75 Å². The van der Waals surface area contributed by atoms with Crippen molar-refractivity contribution in [3.63, 3.8) is 0 Å². The van der Waals surface area contributed by atoms with E-state index < -0.39 is 0 Å². The summed E-state index contributed by atoms with van der Waals surface area (Å²) in [7, 11) is 0. The minimum Gasteiger partial charge on any atom is -0.508 e. The van der Waals surface area contributed by atoms with E-state index in [1.807, 2.05) is 26.0 Å². The number of carbonyl (C=O) groups is 1. The molecule has 1 aromatic rings. The number of phenols is 1. The lowest BCUT2D eigenvalue weighted by atomic mass is 10.2. The van der Waals surface area contributed by atoms with Crippen LogP contribution in [0.3, 0.4) is 0 Å². The molecule has 0 aliphatic carbocycles. The lowest BCUT2D eigenvalue weighted by Gasteiger charge is -2.36. The SMILES string of the molecule is CCNC(=NCc1ccc(O)cc1)N1CCN(CC(=O)NC(C)C)CC1.I. The summed E-state index contributed by atoms with van der Waals surface area (Å²) in [6.07, 6.45) is 0. The highest BCUT2D eigenvalue weighted by atomic mass is 127. The van der Waals surface area contributed by atoms with Crippen LogP contribution in [0.2, 0.25) is 0 Å². The van der Waals surface area contributed by atoms with E-state index in [4.69, 9.17) is 4.99 Å². The number of rotatable bonds is 6. The van der Waals surface area contributed by atoms with Gasteiger partial charge >= 0.3 is 0 Å². The van der Waals surface area contributed by atoms with Gasteiger partial charge in [-0.15, -0.1) is 24.0 Å². The zero-order chi connectivity index (χ0) is 18.9. The molecule has 0 radical (unpaired) electrons. The normalized spacial score (nSPS) is 15.4. The molecule has 0 bridgehead atoms. The maximum Gasteiger partial charge on any atom is 0.234 e. The van der Waals surface area contributed by atoms with E-state index in [0.29, 0.717) is 13.1 Å². The fourth-order valence-corrected chi connectivity index (χ4v) is 2.88. The van der Waals surface area contributed by atoms with Crippen molar-refractivity contribution in [3.05, 3.63) is 29.8 Å². The first-order valence-electron chi connectivity index (χ1n) is 9.30. The van der Waals surface area contributed by atoms with E-state index in [1.165, 1.54) is 0 Å². The second kappa shape index (κ2) is 12.0. The molecule has 3 N–H and O–H groups in total. The Balaban J connectivity index is 0.00000364. The van der Waals surface area contributed by atoms with Crippen molar-refractivity contribution in [2.45, 2.75) is 33.4 Å². The summed E-state index contributed by atoms with van der Waals surface area (Å²) < 4.78 is 0. The van der Waals surface area contributed by atoms with E-state index in [-0.39, 0.29) is 41.7 Å². The number of nitrogens with zero attached hydrogens (tertiary/aromatic N) is 3. The molecule has 0 spiro atoms. The van der Waals surface area contributed by atoms with Crippen molar-refractivity contribution in [2.75, 3.05) is 39.3 Å². The molecule has 1 saturated heterocycles. The van der Waals surface area contributed by atoms with Crippen LogP contribution >= 0.6 is 24.0 Å². The third-order valence-electron chi connectivity index (χ3n) is 4.17. The summed E-state index contributed by atoms with van der Waals surface area (Å²) in [5.74, 6) is 1.25. The molecule has 1 aromatic carbocycles. The Kier molecular flexibility index (Phi) is 10.5. The molecule has 0 saturated carbocycles. The molecule has 27 heavy (non-hydrogen) atoms. The molecule has 1 aliphatic rings. The van der Waals surface area contributed by atoms with E-state index in [2.05, 4.69) is 27.4 Å². The Labute approximate surface area is 179 Å². The minimum atomic E-state index is 0. The highest BCUT2D eigenvalue weighted by Gasteiger charge is 2.21. The van der Waals surface area contributed by atoms with Crippen LogP contribution in [0, 0.1) is 0 Å². The number of carbonyl (C=O) groups excluding carboxylic acids is 1. The summed E-state index contributed by atoms with van der Waals surface area (Å²) in [5, 5.41) is 15.7. The van der Waals surface area contributed by atoms with E-state index in [1.54, 1.807) is 12.1 Å². The summed E-state index contributed by atoms with van der Waals surface area (Å²) in [4.78, 5) is 21.0. The average molecular weight is 489 g/mol. The van der Waals surface area contributed by atoms with Crippen molar-refractivity contribution in [2.24, 2.45) is 4.99 Å². The maximum atomic E-state index is 11.9. The van der Waals surface area contributed by atoms with Gasteiger partial charge in [0, 0.05) is 38.8 Å². The van der Waals surface area contributed by atoms with Crippen LogP contribution in [-0.4, -0.2) is 72.1 Å². The van der Waals surface area contributed by atoms with Gasteiger partial charge < -0.3 is 20.6 Å². The van der Waals surface area contributed by atoms with Gasteiger partial charge in [-0.2, -0.15) is 0 Å². The average Bonchev–Trinajstić information content (AvgIpc) is 2.60. The largest absolute Gasteiger partial charge is 0.508 e. The molecule has 0 atom stereocenters. The number of guanidine groups is 1. The molecule has 8 heteroatoms. The van der Waals surface area contributed by atoms with Crippen LogP contribution in [-0.2, 0) is 11.3 Å². The molecular weight excluding hydrogens is 457 g/mol. The van der Waals surface area contributed by atoms with E-state index in [0.717, 1.165) is 44.2 Å². The van der Waals surface area contributed by atoms with Crippen LogP contribution in [0.15, 0.2) is 29.3 Å². The van der Waals surface area contributed by atoms with Crippen LogP contribution in [0.25, 0.3) is 0 Å². The molecule has 152 valence electrons. The molecule has 1 fully saturated rings. The molecule has 1 heterocycles.